The molecule has 1 aromatic heterocycles. The van der Waals surface area contributed by atoms with Crippen molar-refractivity contribution in [2.45, 2.75) is 33.3 Å². The van der Waals surface area contributed by atoms with Gasteiger partial charge in [0.1, 0.15) is 5.60 Å². The Morgan fingerprint density at radius 2 is 2.00 bits per heavy atom. The van der Waals surface area contributed by atoms with Gasteiger partial charge in [-0.1, -0.05) is 0 Å². The van der Waals surface area contributed by atoms with Crippen LogP contribution in [0.15, 0.2) is 12.1 Å². The van der Waals surface area contributed by atoms with Gasteiger partial charge in [-0.2, -0.15) is 5.26 Å². The Hall–Kier alpha value is -1.56. The molecule has 0 saturated heterocycles. The van der Waals surface area contributed by atoms with E-state index in [9.17, 15) is 0 Å². The number of aryl methyl sites for hydroxylation is 1. The van der Waals surface area contributed by atoms with Crippen LogP contribution in [0.2, 0.25) is 0 Å². The third kappa shape index (κ3) is 3.06. The summed E-state index contributed by atoms with van der Waals surface area (Å²) in [5.41, 5.74) is 1.09. The Kier molecular flexibility index (Phi) is 2.76. The van der Waals surface area contributed by atoms with Crippen molar-refractivity contribution in [3.63, 3.8) is 0 Å². The molecule has 0 N–H and O–H groups in total. The van der Waals surface area contributed by atoms with Crippen molar-refractivity contribution in [3.8, 4) is 11.9 Å². The van der Waals surface area contributed by atoms with E-state index in [1.165, 1.54) is 0 Å². The molecule has 3 nitrogen and oxygen atoms in total. The molecule has 1 heterocycles. The predicted octanol–water partition coefficient (Wildman–Crippen LogP) is 2.44. The Morgan fingerprint density at radius 1 is 1.36 bits per heavy atom. The van der Waals surface area contributed by atoms with E-state index >= 15 is 0 Å². The van der Waals surface area contributed by atoms with Gasteiger partial charge in [0.25, 0.3) is 0 Å². The number of hydrogen-bond donors (Lipinski definition) is 0. The van der Waals surface area contributed by atoms with Gasteiger partial charge < -0.3 is 4.74 Å². The van der Waals surface area contributed by atoms with E-state index in [-0.39, 0.29) is 5.60 Å². The zero-order valence-electron chi connectivity index (χ0n) is 8.96. The normalized spacial score (nSPS) is 10.8. The van der Waals surface area contributed by atoms with Gasteiger partial charge in [-0.25, -0.2) is 4.98 Å². The van der Waals surface area contributed by atoms with Gasteiger partial charge in [-0.3, -0.25) is 0 Å². The third-order valence-electron chi connectivity index (χ3n) is 1.47. The van der Waals surface area contributed by atoms with E-state index < -0.39 is 0 Å². The van der Waals surface area contributed by atoms with Crippen LogP contribution in [0.25, 0.3) is 0 Å². The van der Waals surface area contributed by atoms with Crippen LogP contribution in [0.1, 0.15) is 32.0 Å². The number of ether oxygens (including phenoxy) is 1. The summed E-state index contributed by atoms with van der Waals surface area (Å²) in [5.74, 6) is 0.508. The highest BCUT2D eigenvalue weighted by Crippen LogP contribution is 2.17. The van der Waals surface area contributed by atoms with Gasteiger partial charge in [0.2, 0.25) is 5.88 Å². The average molecular weight is 190 g/mol. The van der Waals surface area contributed by atoms with Gasteiger partial charge >= 0.3 is 0 Å². The van der Waals surface area contributed by atoms with Crippen LogP contribution in [0.4, 0.5) is 0 Å². The molecule has 1 aromatic rings. The molecular weight excluding hydrogens is 176 g/mol. The van der Waals surface area contributed by atoms with E-state index in [1.54, 1.807) is 12.1 Å². The van der Waals surface area contributed by atoms with E-state index in [0.717, 1.165) is 5.69 Å². The molecule has 1 rings (SSSR count). The van der Waals surface area contributed by atoms with Crippen LogP contribution in [0.5, 0.6) is 5.88 Å². The summed E-state index contributed by atoms with van der Waals surface area (Å²) in [6.45, 7) is 7.69. The molecule has 0 radical (unpaired) electrons. The van der Waals surface area contributed by atoms with E-state index in [4.69, 9.17) is 10.00 Å². The van der Waals surface area contributed by atoms with Crippen LogP contribution in [-0.4, -0.2) is 10.6 Å². The Labute approximate surface area is 84.3 Å². The smallest absolute Gasteiger partial charge is 0.215 e. The predicted molar refractivity (Wildman–Crippen MR) is 54.1 cm³/mol. The molecule has 74 valence electrons. The Balaban J connectivity index is 3.00. The van der Waals surface area contributed by atoms with Crippen LogP contribution >= 0.6 is 0 Å². The molecule has 3 heteroatoms. The Morgan fingerprint density at radius 3 is 2.50 bits per heavy atom. The zero-order valence-corrected chi connectivity index (χ0v) is 8.96. The maximum atomic E-state index is 8.75. The van der Waals surface area contributed by atoms with Crippen LogP contribution in [0, 0.1) is 18.3 Å². The highest BCUT2D eigenvalue weighted by molar-refractivity contribution is 5.34. The largest absolute Gasteiger partial charge is 0.472 e. The summed E-state index contributed by atoms with van der Waals surface area (Å²) in [5, 5.41) is 8.75. The molecular formula is C11H14N2O. The van der Waals surface area contributed by atoms with Crippen molar-refractivity contribution in [1.82, 2.24) is 4.98 Å². The fraction of sp³-hybridized carbons (Fsp3) is 0.455. The molecule has 0 aliphatic rings. The van der Waals surface area contributed by atoms with Crippen LogP contribution in [-0.2, 0) is 0 Å². The highest BCUT2D eigenvalue weighted by Gasteiger charge is 2.13. The fourth-order valence-corrected chi connectivity index (χ4v) is 1.07. The zero-order chi connectivity index (χ0) is 10.8. The van der Waals surface area contributed by atoms with Gasteiger partial charge in [0.05, 0.1) is 11.6 Å². The van der Waals surface area contributed by atoms with E-state index in [2.05, 4.69) is 11.1 Å². The number of nitrogens with zero attached hydrogens (tertiary/aromatic N) is 2. The molecule has 14 heavy (non-hydrogen) atoms. The van der Waals surface area contributed by atoms with Crippen molar-refractivity contribution >= 4 is 0 Å². The molecule has 0 fully saturated rings. The molecule has 0 aliphatic carbocycles. The third-order valence-corrected chi connectivity index (χ3v) is 1.47. The summed E-state index contributed by atoms with van der Waals surface area (Å²) in [7, 11) is 0. The van der Waals surface area contributed by atoms with Gasteiger partial charge in [-0.15, -0.1) is 0 Å². The molecule has 0 saturated carbocycles. The average Bonchev–Trinajstić information content (AvgIpc) is 1.99. The number of nitriles is 1. The SMILES string of the molecule is Cc1cc(C#N)cc(OC(C)(C)C)n1. The summed E-state index contributed by atoms with van der Waals surface area (Å²) in [4.78, 5) is 4.19. The first kappa shape index (κ1) is 10.5. The van der Waals surface area contributed by atoms with Crippen molar-refractivity contribution in [2.24, 2.45) is 0 Å². The quantitative estimate of drug-likeness (QED) is 0.683. The summed E-state index contributed by atoms with van der Waals surface area (Å²) in [6.07, 6.45) is 0. The second-order valence-electron chi connectivity index (χ2n) is 4.16. The molecule has 0 amide bonds. The van der Waals surface area contributed by atoms with Crippen molar-refractivity contribution in [1.29, 1.82) is 5.26 Å². The van der Waals surface area contributed by atoms with E-state index in [0.29, 0.717) is 11.4 Å². The van der Waals surface area contributed by atoms with Gasteiger partial charge in [0.15, 0.2) is 0 Å². The number of pyridine rings is 1. The lowest BCUT2D eigenvalue weighted by Gasteiger charge is -2.20. The molecule has 0 atom stereocenters. The second-order valence-corrected chi connectivity index (χ2v) is 4.16. The minimum Gasteiger partial charge on any atom is -0.472 e. The second kappa shape index (κ2) is 3.67. The number of rotatable bonds is 1. The number of aromatic nitrogens is 1. The van der Waals surface area contributed by atoms with Crippen molar-refractivity contribution < 1.29 is 4.74 Å². The summed E-state index contributed by atoms with van der Waals surface area (Å²) >= 11 is 0. The lowest BCUT2D eigenvalue weighted by atomic mass is 10.2. The first-order valence-corrected chi connectivity index (χ1v) is 4.48. The maximum Gasteiger partial charge on any atom is 0.215 e. The summed E-state index contributed by atoms with van der Waals surface area (Å²) in [6, 6.07) is 5.46. The minimum atomic E-state index is -0.284. The fourth-order valence-electron chi connectivity index (χ4n) is 1.07. The molecule has 0 bridgehead atoms. The van der Waals surface area contributed by atoms with Gasteiger partial charge in [0, 0.05) is 11.8 Å². The van der Waals surface area contributed by atoms with E-state index in [1.807, 2.05) is 27.7 Å². The first-order chi connectivity index (χ1) is 6.40. The standard InChI is InChI=1S/C11H14N2O/c1-8-5-9(7-12)6-10(13-8)14-11(2,3)4/h5-6H,1-4H3. The first-order valence-electron chi connectivity index (χ1n) is 4.48. The maximum absolute atomic E-state index is 8.75. The van der Waals surface area contributed by atoms with Crippen LogP contribution < -0.4 is 4.74 Å². The lowest BCUT2D eigenvalue weighted by Crippen LogP contribution is -2.23. The molecule has 0 unspecified atom stereocenters. The minimum absolute atomic E-state index is 0.284. The molecule has 0 aliphatic heterocycles. The molecule has 0 aromatic carbocycles. The number of hydrogen-bond acceptors (Lipinski definition) is 3. The van der Waals surface area contributed by atoms with Crippen LogP contribution in [0.3, 0.4) is 0 Å². The lowest BCUT2D eigenvalue weighted by molar-refractivity contribution is 0.124. The monoisotopic (exact) mass is 190 g/mol. The summed E-state index contributed by atoms with van der Waals surface area (Å²) < 4.78 is 5.56. The molecule has 0 spiro atoms. The van der Waals surface area contributed by atoms with Crippen molar-refractivity contribution in [3.05, 3.63) is 23.4 Å². The topological polar surface area (TPSA) is 45.9 Å². The van der Waals surface area contributed by atoms with Crippen molar-refractivity contribution in [2.75, 3.05) is 0 Å². The van der Waals surface area contributed by atoms with Gasteiger partial charge in [-0.05, 0) is 33.8 Å². The Bertz CT molecular complexity index is 372. The highest BCUT2D eigenvalue weighted by atomic mass is 16.5.